The van der Waals surface area contributed by atoms with Crippen LogP contribution in [0.5, 0.6) is 0 Å². The number of thiophene rings is 1. The van der Waals surface area contributed by atoms with E-state index in [-0.39, 0.29) is 34.6 Å². The summed E-state index contributed by atoms with van der Waals surface area (Å²) in [6.45, 7) is 12.5. The van der Waals surface area contributed by atoms with E-state index in [4.69, 9.17) is 28.5 Å². The van der Waals surface area contributed by atoms with Gasteiger partial charge in [0.15, 0.2) is 0 Å². The van der Waals surface area contributed by atoms with Gasteiger partial charge in [0.25, 0.3) is 11.8 Å². The first kappa shape index (κ1) is 42.5. The van der Waals surface area contributed by atoms with Gasteiger partial charge in [-0.05, 0) is 97.1 Å². The Balaban J connectivity index is 0.000000165. The van der Waals surface area contributed by atoms with E-state index < -0.39 is 0 Å². The second kappa shape index (κ2) is 18.1. The number of nitrogens with one attached hydrogen (secondary N) is 1. The molecule has 4 aromatic heterocycles. The maximum atomic E-state index is 12.8. The molecule has 0 radical (unpaired) electrons. The van der Waals surface area contributed by atoms with Gasteiger partial charge in [-0.2, -0.15) is 34.6 Å². The summed E-state index contributed by atoms with van der Waals surface area (Å²) in [5, 5.41) is 27.5. The summed E-state index contributed by atoms with van der Waals surface area (Å²) in [5.74, 6) is -0.0643. The van der Waals surface area contributed by atoms with Gasteiger partial charge in [-0.25, -0.2) is 4.79 Å². The van der Waals surface area contributed by atoms with Gasteiger partial charge in [-0.3, -0.25) is 9.59 Å². The van der Waals surface area contributed by atoms with Crippen molar-refractivity contribution in [2.45, 2.75) is 71.1 Å². The van der Waals surface area contributed by atoms with Crippen LogP contribution in [-0.2, 0) is 10.8 Å². The Morgan fingerprint density at radius 2 is 1.44 bits per heavy atom. The molecule has 0 atom stereocenters. The molecule has 57 heavy (non-hydrogen) atoms. The minimum atomic E-state index is -0.240. The van der Waals surface area contributed by atoms with Gasteiger partial charge >= 0.3 is 6.03 Å². The van der Waals surface area contributed by atoms with Gasteiger partial charge in [0.1, 0.15) is 6.07 Å². The molecule has 0 spiro atoms. The molecule has 0 unspecified atom stereocenters. The quantitative estimate of drug-likeness (QED) is 0.183. The van der Waals surface area contributed by atoms with Gasteiger partial charge in [0.05, 0.1) is 34.5 Å². The number of carbonyl (C=O) groups excluding carboxylic acids is 3. The second-order valence-electron chi connectivity index (χ2n) is 15.3. The molecular formula is C43H44Cl2N8O3S. The van der Waals surface area contributed by atoms with E-state index in [0.29, 0.717) is 26.7 Å². The van der Waals surface area contributed by atoms with Crippen LogP contribution < -0.4 is 5.32 Å². The molecule has 1 fully saturated rings. The highest BCUT2D eigenvalue weighted by Gasteiger charge is 2.32. The molecule has 1 saturated carbocycles. The maximum absolute atomic E-state index is 12.8. The van der Waals surface area contributed by atoms with Crippen molar-refractivity contribution >= 4 is 64.5 Å². The Morgan fingerprint density at radius 1 is 0.842 bits per heavy atom. The van der Waals surface area contributed by atoms with Crippen molar-refractivity contribution in [3.05, 3.63) is 145 Å². The fourth-order valence-electron chi connectivity index (χ4n) is 5.43. The third-order valence-corrected chi connectivity index (χ3v) is 10.0. The highest BCUT2D eigenvalue weighted by atomic mass is 35.5. The number of rotatable bonds is 5. The molecule has 1 aliphatic carbocycles. The largest absolute Gasteiger partial charge is 0.341 e. The lowest BCUT2D eigenvalue weighted by Crippen LogP contribution is -2.24. The van der Waals surface area contributed by atoms with E-state index in [0.717, 1.165) is 40.5 Å². The lowest BCUT2D eigenvalue weighted by atomic mass is 9.88. The summed E-state index contributed by atoms with van der Waals surface area (Å²) >= 11 is 13.4. The number of amides is 1. The molecule has 1 N–H and O–H groups in total. The zero-order valence-corrected chi connectivity index (χ0v) is 35.2. The number of carbonyl (C=O) groups is 3. The number of nitriles is 1. The fourth-order valence-corrected chi connectivity index (χ4v) is 6.30. The van der Waals surface area contributed by atoms with Crippen molar-refractivity contribution in [3.8, 4) is 6.07 Å². The Bertz CT molecular complexity index is 2400. The van der Waals surface area contributed by atoms with Crippen LogP contribution in [0.2, 0.25) is 10.0 Å². The number of aromatic nitrogens is 6. The number of halogens is 2. The minimum absolute atomic E-state index is 0.106. The standard InChI is InChI=1S/C18H23ClN2O.C14H10ClN3O.C11H11N3OS/c1-17(2,3)14-11-15(18(4,5)6)21(20-14)16(22)12-7-9-13(19)10-8-12;15-12-5-3-10(4-6-12)14(19)18-13(9-1-2-9)11(7-16)8-17-18;1-12-11(15)14-7-6-9(13-14)4-5-10-3-2-8-16-10/h7-11H,1-6H3;3-6,8-9H,1-2H2;2-8H,1H3,(H,12,15). The van der Waals surface area contributed by atoms with Gasteiger partial charge in [0, 0.05) is 56.0 Å². The number of nitrogens with zero attached hydrogens (tertiary/aromatic N) is 7. The van der Waals surface area contributed by atoms with Gasteiger partial charge in [-0.15, -0.1) is 11.3 Å². The highest BCUT2D eigenvalue weighted by Crippen LogP contribution is 2.41. The Hall–Kier alpha value is -5.61. The van der Waals surface area contributed by atoms with Crippen LogP contribution >= 0.6 is 34.5 Å². The van der Waals surface area contributed by atoms with Gasteiger partial charge in [-0.1, -0.05) is 70.8 Å². The second-order valence-corrected chi connectivity index (χ2v) is 17.1. The van der Waals surface area contributed by atoms with Gasteiger partial charge < -0.3 is 5.32 Å². The monoisotopic (exact) mass is 822 g/mol. The molecule has 0 saturated heterocycles. The van der Waals surface area contributed by atoms with E-state index in [2.05, 4.69) is 68.2 Å². The Labute approximate surface area is 346 Å². The number of hydrogen-bond acceptors (Lipinski definition) is 8. The van der Waals surface area contributed by atoms with E-state index in [1.807, 2.05) is 35.7 Å². The van der Waals surface area contributed by atoms with Crippen LogP contribution in [-0.4, -0.2) is 54.2 Å². The first-order valence-corrected chi connectivity index (χ1v) is 19.8. The van der Waals surface area contributed by atoms with Crippen molar-refractivity contribution < 1.29 is 14.4 Å². The van der Waals surface area contributed by atoms with E-state index in [1.165, 1.54) is 20.2 Å². The molecule has 4 heterocycles. The van der Waals surface area contributed by atoms with Crippen LogP contribution in [0.25, 0.3) is 12.2 Å². The fraction of sp³-hybridized carbons (Fsp3) is 0.279. The molecule has 7 rings (SSSR count). The highest BCUT2D eigenvalue weighted by molar-refractivity contribution is 7.10. The average molecular weight is 824 g/mol. The molecule has 294 valence electrons. The lowest BCUT2D eigenvalue weighted by Gasteiger charge is -2.19. The Kier molecular flexibility index (Phi) is 13.5. The van der Waals surface area contributed by atoms with Crippen molar-refractivity contribution in [2.75, 3.05) is 7.05 Å². The van der Waals surface area contributed by atoms with Crippen molar-refractivity contribution in [2.24, 2.45) is 0 Å². The van der Waals surface area contributed by atoms with Crippen LogP contribution in [0.15, 0.2) is 90.6 Å². The van der Waals surface area contributed by atoms with E-state index in [1.54, 1.807) is 79.2 Å². The topological polar surface area (TPSA) is 140 Å². The van der Waals surface area contributed by atoms with Gasteiger partial charge in [0.2, 0.25) is 0 Å². The predicted octanol–water partition coefficient (Wildman–Crippen LogP) is 10.1. The molecule has 1 aliphatic rings. The van der Waals surface area contributed by atoms with Crippen LogP contribution in [0.3, 0.4) is 0 Å². The SMILES string of the molecule is CC(C)(C)c1cc(C(C)(C)C)n(C(=O)c2ccc(Cl)cc2)n1.CNC(=O)n1ccc(C=Cc2cccs2)n1.N#Cc1cnn(C(=O)c2ccc(Cl)cc2)c1C1CC1. The van der Waals surface area contributed by atoms with Crippen LogP contribution in [0, 0.1) is 11.3 Å². The molecule has 6 aromatic rings. The summed E-state index contributed by atoms with van der Waals surface area (Å²) in [5.41, 5.74) is 4.64. The molecule has 1 amide bonds. The lowest BCUT2D eigenvalue weighted by molar-refractivity contribution is 0.0931. The minimum Gasteiger partial charge on any atom is -0.339 e. The third kappa shape index (κ3) is 11.0. The van der Waals surface area contributed by atoms with E-state index >= 15 is 0 Å². The summed E-state index contributed by atoms with van der Waals surface area (Å²) in [4.78, 5) is 37.6. The van der Waals surface area contributed by atoms with Crippen LogP contribution in [0.4, 0.5) is 4.79 Å². The first-order valence-electron chi connectivity index (χ1n) is 18.2. The molecule has 11 nitrogen and oxygen atoms in total. The molecule has 0 bridgehead atoms. The smallest absolute Gasteiger partial charge is 0.339 e. The van der Waals surface area contributed by atoms with Crippen molar-refractivity contribution in [3.63, 3.8) is 0 Å². The molecular weight excluding hydrogens is 779 g/mol. The number of hydrogen-bond donors (Lipinski definition) is 1. The molecule has 14 heteroatoms. The molecule has 2 aromatic carbocycles. The summed E-state index contributed by atoms with van der Waals surface area (Å²) in [6, 6.07) is 23.3. The maximum Gasteiger partial charge on any atom is 0.341 e. The summed E-state index contributed by atoms with van der Waals surface area (Å²) in [7, 11) is 1.57. The summed E-state index contributed by atoms with van der Waals surface area (Å²) < 4.78 is 4.15. The van der Waals surface area contributed by atoms with Crippen LogP contribution in [0.1, 0.15) is 114 Å². The summed E-state index contributed by atoms with van der Waals surface area (Å²) in [6.07, 6.45) is 8.96. The third-order valence-electron chi connectivity index (χ3n) is 8.70. The van der Waals surface area contributed by atoms with Crippen molar-refractivity contribution in [1.29, 1.82) is 5.26 Å². The normalized spacial score (nSPS) is 12.6. The Morgan fingerprint density at radius 3 is 1.93 bits per heavy atom. The zero-order chi connectivity index (χ0) is 41.5. The predicted molar refractivity (Wildman–Crippen MR) is 226 cm³/mol. The van der Waals surface area contributed by atoms with Crippen molar-refractivity contribution in [1.82, 2.24) is 34.7 Å². The number of benzene rings is 2. The average Bonchev–Trinajstić information content (AvgIpc) is 3.64. The first-order chi connectivity index (χ1) is 27.0. The zero-order valence-electron chi connectivity index (χ0n) is 32.8. The van der Waals surface area contributed by atoms with E-state index in [9.17, 15) is 14.4 Å². The molecule has 0 aliphatic heterocycles.